The lowest BCUT2D eigenvalue weighted by Gasteiger charge is -2.36. The smallest absolute Gasteiger partial charge is 0.239 e. The number of carbonyl (C=O) groups excluding carboxylic acids is 2. The maximum Gasteiger partial charge on any atom is 0.239 e. The van der Waals surface area contributed by atoms with Crippen LogP contribution in [0.2, 0.25) is 0 Å². The quantitative estimate of drug-likeness (QED) is 0.698. The van der Waals surface area contributed by atoms with Gasteiger partial charge in [-0.2, -0.15) is 0 Å². The molecular formula is C14H28N4O2. The van der Waals surface area contributed by atoms with Crippen molar-refractivity contribution >= 4 is 11.8 Å². The fourth-order valence-corrected chi connectivity index (χ4v) is 2.29. The van der Waals surface area contributed by atoms with Gasteiger partial charge < -0.3 is 16.0 Å². The molecule has 6 nitrogen and oxygen atoms in total. The summed E-state index contributed by atoms with van der Waals surface area (Å²) >= 11 is 0. The zero-order valence-electron chi connectivity index (χ0n) is 12.9. The Morgan fingerprint density at radius 2 is 1.80 bits per heavy atom. The summed E-state index contributed by atoms with van der Waals surface area (Å²) in [6.07, 6.45) is 0.907. The molecule has 2 atom stereocenters. The molecule has 1 aliphatic heterocycles. The third-order valence-electron chi connectivity index (χ3n) is 3.97. The van der Waals surface area contributed by atoms with Gasteiger partial charge in [0.2, 0.25) is 11.8 Å². The Bertz CT molecular complexity index is 327. The maximum absolute atomic E-state index is 12.2. The molecule has 1 rings (SSSR count). The highest BCUT2D eigenvalue weighted by Gasteiger charge is 2.28. The lowest BCUT2D eigenvalue weighted by Crippen LogP contribution is -2.55. The molecule has 0 aromatic carbocycles. The van der Waals surface area contributed by atoms with E-state index in [9.17, 15) is 9.59 Å². The van der Waals surface area contributed by atoms with Crippen molar-refractivity contribution in [3.05, 3.63) is 0 Å². The third kappa shape index (κ3) is 4.76. The minimum atomic E-state index is -0.407. The molecule has 0 aromatic heterocycles. The molecule has 0 aromatic rings. The highest BCUT2D eigenvalue weighted by atomic mass is 16.2. The molecule has 3 N–H and O–H groups in total. The molecular weight excluding hydrogens is 256 g/mol. The summed E-state index contributed by atoms with van der Waals surface area (Å²) in [5.74, 6) is 0.288. The Morgan fingerprint density at radius 1 is 1.20 bits per heavy atom. The lowest BCUT2D eigenvalue weighted by atomic mass is 9.98. The molecule has 1 heterocycles. The van der Waals surface area contributed by atoms with Crippen molar-refractivity contribution in [1.82, 2.24) is 15.1 Å². The molecule has 0 bridgehead atoms. The summed E-state index contributed by atoms with van der Waals surface area (Å²) in [7, 11) is 0. The number of hydrogen-bond donors (Lipinski definition) is 2. The Kier molecular flexibility index (Phi) is 6.95. The fraction of sp³-hybridized carbons (Fsp3) is 0.857. The van der Waals surface area contributed by atoms with Gasteiger partial charge in [-0.1, -0.05) is 20.3 Å². The van der Waals surface area contributed by atoms with Crippen LogP contribution in [0.3, 0.4) is 0 Å². The summed E-state index contributed by atoms with van der Waals surface area (Å²) in [4.78, 5) is 27.6. The minimum absolute atomic E-state index is 0.0389. The van der Waals surface area contributed by atoms with Crippen molar-refractivity contribution in [3.8, 4) is 0 Å². The molecule has 0 spiro atoms. The van der Waals surface area contributed by atoms with Crippen molar-refractivity contribution in [2.24, 2.45) is 11.7 Å². The number of amides is 2. The van der Waals surface area contributed by atoms with Crippen LogP contribution in [-0.2, 0) is 9.59 Å². The van der Waals surface area contributed by atoms with E-state index in [4.69, 9.17) is 5.73 Å². The van der Waals surface area contributed by atoms with E-state index in [1.54, 1.807) is 0 Å². The number of nitrogens with one attached hydrogen (secondary N) is 1. The van der Waals surface area contributed by atoms with Crippen LogP contribution >= 0.6 is 0 Å². The first-order valence-corrected chi connectivity index (χ1v) is 7.53. The highest BCUT2D eigenvalue weighted by Crippen LogP contribution is 2.10. The van der Waals surface area contributed by atoms with E-state index in [2.05, 4.69) is 10.2 Å². The van der Waals surface area contributed by atoms with E-state index < -0.39 is 6.04 Å². The van der Waals surface area contributed by atoms with Crippen LogP contribution in [0.4, 0.5) is 0 Å². The minimum Gasteiger partial charge on any atom is -0.355 e. The van der Waals surface area contributed by atoms with Crippen LogP contribution in [-0.4, -0.2) is 66.9 Å². The third-order valence-corrected chi connectivity index (χ3v) is 3.97. The van der Waals surface area contributed by atoms with E-state index in [-0.39, 0.29) is 17.7 Å². The van der Waals surface area contributed by atoms with E-state index in [0.29, 0.717) is 26.2 Å². The summed E-state index contributed by atoms with van der Waals surface area (Å²) in [5, 5.41) is 2.79. The van der Waals surface area contributed by atoms with Crippen molar-refractivity contribution < 1.29 is 9.59 Å². The van der Waals surface area contributed by atoms with Gasteiger partial charge in [-0.15, -0.1) is 0 Å². The van der Waals surface area contributed by atoms with Gasteiger partial charge in [0, 0.05) is 32.7 Å². The van der Waals surface area contributed by atoms with Crippen LogP contribution in [0.25, 0.3) is 0 Å². The number of hydrogen-bond acceptors (Lipinski definition) is 4. The van der Waals surface area contributed by atoms with Crippen molar-refractivity contribution in [1.29, 1.82) is 0 Å². The van der Waals surface area contributed by atoms with Crippen molar-refractivity contribution in [2.75, 3.05) is 39.3 Å². The van der Waals surface area contributed by atoms with Gasteiger partial charge in [0.1, 0.15) is 0 Å². The Hall–Kier alpha value is -1.14. The van der Waals surface area contributed by atoms with Crippen LogP contribution in [0.15, 0.2) is 0 Å². The second kappa shape index (κ2) is 8.21. The molecule has 2 amide bonds. The number of rotatable bonds is 6. The van der Waals surface area contributed by atoms with E-state index in [0.717, 1.165) is 19.5 Å². The summed E-state index contributed by atoms with van der Waals surface area (Å²) in [6.45, 7) is 9.80. The zero-order valence-corrected chi connectivity index (χ0v) is 12.9. The van der Waals surface area contributed by atoms with Gasteiger partial charge in [0.15, 0.2) is 0 Å². The SMILES string of the molecule is CCNC(=O)CN1CCN(C(=O)[C@@H](N)C(C)CC)CC1. The molecule has 6 heteroatoms. The highest BCUT2D eigenvalue weighted by molar-refractivity contribution is 5.82. The number of nitrogens with zero attached hydrogens (tertiary/aromatic N) is 2. The van der Waals surface area contributed by atoms with E-state index in [1.807, 2.05) is 25.7 Å². The largest absolute Gasteiger partial charge is 0.355 e. The standard InChI is InChI=1S/C14H28N4O2/c1-4-11(3)13(15)14(20)18-8-6-17(7-9-18)10-12(19)16-5-2/h11,13H,4-10,15H2,1-3H3,(H,16,19)/t11?,13-/m0/s1. The molecule has 20 heavy (non-hydrogen) atoms. The molecule has 0 radical (unpaired) electrons. The normalized spacial score (nSPS) is 19.5. The topological polar surface area (TPSA) is 78.7 Å². The molecule has 0 aliphatic carbocycles. The van der Waals surface area contributed by atoms with Gasteiger partial charge in [-0.05, 0) is 12.8 Å². The van der Waals surface area contributed by atoms with E-state index >= 15 is 0 Å². The van der Waals surface area contributed by atoms with Crippen LogP contribution in [0.5, 0.6) is 0 Å². The molecule has 1 unspecified atom stereocenters. The Balaban J connectivity index is 2.38. The Morgan fingerprint density at radius 3 is 2.30 bits per heavy atom. The lowest BCUT2D eigenvalue weighted by molar-refractivity contribution is -0.135. The van der Waals surface area contributed by atoms with Crippen molar-refractivity contribution in [2.45, 2.75) is 33.2 Å². The molecule has 1 fully saturated rings. The van der Waals surface area contributed by atoms with Gasteiger partial charge in [-0.25, -0.2) is 0 Å². The average Bonchev–Trinajstić information content (AvgIpc) is 2.46. The Labute approximate surface area is 121 Å². The number of likely N-dealkylation sites (N-methyl/N-ethyl adjacent to an activating group) is 1. The molecule has 116 valence electrons. The van der Waals surface area contributed by atoms with Crippen molar-refractivity contribution in [3.63, 3.8) is 0 Å². The first-order valence-electron chi connectivity index (χ1n) is 7.53. The number of piperazine rings is 1. The fourth-order valence-electron chi connectivity index (χ4n) is 2.29. The van der Waals surface area contributed by atoms with Gasteiger partial charge in [-0.3, -0.25) is 14.5 Å². The maximum atomic E-state index is 12.2. The summed E-state index contributed by atoms with van der Waals surface area (Å²) in [6, 6.07) is -0.407. The molecule has 0 saturated carbocycles. The predicted octanol–water partition coefficient (Wildman–Crippen LogP) is -0.360. The number of carbonyl (C=O) groups is 2. The monoisotopic (exact) mass is 284 g/mol. The second-order valence-electron chi connectivity index (χ2n) is 5.47. The molecule has 1 aliphatic rings. The second-order valence-corrected chi connectivity index (χ2v) is 5.47. The summed E-state index contributed by atoms with van der Waals surface area (Å²) in [5.41, 5.74) is 5.99. The first kappa shape index (κ1) is 16.9. The summed E-state index contributed by atoms with van der Waals surface area (Å²) < 4.78 is 0. The van der Waals surface area contributed by atoms with Gasteiger partial charge in [0.25, 0.3) is 0 Å². The van der Waals surface area contributed by atoms with Crippen LogP contribution in [0, 0.1) is 5.92 Å². The first-order chi connectivity index (χ1) is 9.49. The van der Waals surface area contributed by atoms with Crippen LogP contribution in [0.1, 0.15) is 27.2 Å². The van der Waals surface area contributed by atoms with Gasteiger partial charge in [0.05, 0.1) is 12.6 Å². The number of nitrogens with two attached hydrogens (primary N) is 1. The van der Waals surface area contributed by atoms with Gasteiger partial charge >= 0.3 is 0 Å². The van der Waals surface area contributed by atoms with Crippen LogP contribution < -0.4 is 11.1 Å². The zero-order chi connectivity index (χ0) is 15.1. The predicted molar refractivity (Wildman–Crippen MR) is 79.1 cm³/mol. The molecule has 1 saturated heterocycles. The average molecular weight is 284 g/mol. The van der Waals surface area contributed by atoms with E-state index in [1.165, 1.54) is 0 Å².